The lowest BCUT2D eigenvalue weighted by atomic mass is 9.88. The predicted molar refractivity (Wildman–Crippen MR) is 142 cm³/mol. The molecule has 0 unspecified atom stereocenters. The van der Waals surface area contributed by atoms with Crippen molar-refractivity contribution in [3.8, 4) is 22.8 Å². The third-order valence-electron chi connectivity index (χ3n) is 7.73. The van der Waals surface area contributed by atoms with Gasteiger partial charge in [-0.2, -0.15) is 0 Å². The van der Waals surface area contributed by atoms with Gasteiger partial charge >= 0.3 is 0 Å². The summed E-state index contributed by atoms with van der Waals surface area (Å²) < 4.78 is 11.6. The normalized spacial score (nSPS) is 21.3. The highest BCUT2D eigenvalue weighted by molar-refractivity contribution is 5.98. The van der Waals surface area contributed by atoms with Gasteiger partial charge in [0.1, 0.15) is 17.4 Å². The smallest absolute Gasteiger partial charge is 0.259 e. The Hall–Kier alpha value is -3.13. The number of aliphatic hydroxyl groups excluding tert-OH is 1. The van der Waals surface area contributed by atoms with Gasteiger partial charge in [0.05, 0.1) is 26.3 Å². The molecule has 1 aliphatic heterocycles. The Morgan fingerprint density at radius 1 is 1.22 bits per heavy atom. The van der Waals surface area contributed by atoms with Gasteiger partial charge in [-0.05, 0) is 43.5 Å². The van der Waals surface area contributed by atoms with Crippen LogP contribution in [0.4, 0.5) is 0 Å². The average molecular weight is 510 g/mol. The second kappa shape index (κ2) is 11.9. The van der Waals surface area contributed by atoms with Crippen molar-refractivity contribution in [2.75, 3.05) is 33.9 Å². The quantitative estimate of drug-likeness (QED) is 0.606. The first-order valence-electron chi connectivity index (χ1n) is 13.3. The molecule has 1 aromatic carbocycles. The van der Waals surface area contributed by atoms with Crippen LogP contribution < -0.4 is 9.47 Å². The number of carbonyl (C=O) groups is 2. The summed E-state index contributed by atoms with van der Waals surface area (Å²) in [6.07, 6.45) is 6.64. The molecule has 2 heterocycles. The number of amides is 2. The Morgan fingerprint density at radius 3 is 2.57 bits per heavy atom. The van der Waals surface area contributed by atoms with E-state index < -0.39 is 0 Å². The van der Waals surface area contributed by atoms with Crippen LogP contribution in [0.2, 0.25) is 0 Å². The van der Waals surface area contributed by atoms with Gasteiger partial charge in [-0.1, -0.05) is 38.3 Å². The number of nitrogens with zero attached hydrogens (tertiary/aromatic N) is 3. The van der Waals surface area contributed by atoms with Crippen LogP contribution >= 0.6 is 0 Å². The highest BCUT2D eigenvalue weighted by Gasteiger charge is 2.35. The molecule has 4 rings (SSSR count). The maximum absolute atomic E-state index is 13.7. The summed E-state index contributed by atoms with van der Waals surface area (Å²) in [7, 11) is 3.46. The van der Waals surface area contributed by atoms with Gasteiger partial charge < -0.3 is 24.4 Å². The van der Waals surface area contributed by atoms with Crippen molar-refractivity contribution < 1.29 is 24.2 Å². The Morgan fingerprint density at radius 2 is 1.92 bits per heavy atom. The zero-order chi connectivity index (χ0) is 26.5. The molecule has 0 radical (unpaired) electrons. The SMILES string of the molecule is COc1ccc(-c2cnc3c(c2)C(=O)N([C@@H](C)CO)C[C@H](C)[C@H](CN(C)C(=O)C2CCCCC2)O3)cc1. The summed E-state index contributed by atoms with van der Waals surface area (Å²) in [5.74, 6) is 0.943. The average Bonchev–Trinajstić information content (AvgIpc) is 2.94. The number of hydrogen-bond acceptors (Lipinski definition) is 6. The summed E-state index contributed by atoms with van der Waals surface area (Å²) >= 11 is 0. The van der Waals surface area contributed by atoms with Crippen LogP contribution in [0.3, 0.4) is 0 Å². The molecule has 0 bridgehead atoms. The summed E-state index contributed by atoms with van der Waals surface area (Å²) in [6.45, 7) is 4.52. The largest absolute Gasteiger partial charge is 0.497 e. The Bertz CT molecular complexity index is 1080. The second-order valence-corrected chi connectivity index (χ2v) is 10.5. The van der Waals surface area contributed by atoms with Crippen LogP contribution in [0.5, 0.6) is 11.6 Å². The molecule has 2 aliphatic rings. The molecular formula is C29H39N3O5. The van der Waals surface area contributed by atoms with Gasteiger partial charge in [0.15, 0.2) is 0 Å². The van der Waals surface area contributed by atoms with Crippen LogP contribution in [0, 0.1) is 11.8 Å². The Kier molecular flexibility index (Phi) is 8.69. The predicted octanol–water partition coefficient (Wildman–Crippen LogP) is 4.02. The van der Waals surface area contributed by atoms with Crippen molar-refractivity contribution in [1.29, 1.82) is 0 Å². The van der Waals surface area contributed by atoms with E-state index in [0.29, 0.717) is 18.7 Å². The van der Waals surface area contributed by atoms with Crippen LogP contribution in [-0.4, -0.2) is 77.7 Å². The molecule has 200 valence electrons. The van der Waals surface area contributed by atoms with Gasteiger partial charge in [0.25, 0.3) is 5.91 Å². The minimum atomic E-state index is -0.368. The van der Waals surface area contributed by atoms with Crippen LogP contribution in [0.25, 0.3) is 11.1 Å². The molecule has 0 saturated heterocycles. The van der Waals surface area contributed by atoms with E-state index in [0.717, 1.165) is 42.6 Å². The van der Waals surface area contributed by atoms with Gasteiger partial charge in [0, 0.05) is 37.2 Å². The Balaban J connectivity index is 1.64. The van der Waals surface area contributed by atoms with Gasteiger partial charge in [-0.3, -0.25) is 9.59 Å². The van der Waals surface area contributed by atoms with Gasteiger partial charge in [-0.15, -0.1) is 0 Å². The molecule has 1 saturated carbocycles. The number of rotatable bonds is 7. The highest BCUT2D eigenvalue weighted by Crippen LogP contribution is 2.31. The zero-order valence-corrected chi connectivity index (χ0v) is 22.4. The molecule has 1 aromatic heterocycles. The maximum Gasteiger partial charge on any atom is 0.259 e. The van der Waals surface area contributed by atoms with Crippen molar-refractivity contribution >= 4 is 11.8 Å². The van der Waals surface area contributed by atoms with Crippen molar-refractivity contribution in [1.82, 2.24) is 14.8 Å². The molecule has 1 aliphatic carbocycles. The van der Waals surface area contributed by atoms with E-state index in [1.54, 1.807) is 29.2 Å². The number of carbonyl (C=O) groups excluding carboxylic acids is 2. The van der Waals surface area contributed by atoms with Gasteiger partial charge in [0.2, 0.25) is 11.8 Å². The molecule has 3 atom stereocenters. The van der Waals surface area contributed by atoms with Crippen molar-refractivity contribution in [3.05, 3.63) is 42.1 Å². The number of methoxy groups -OCH3 is 1. The molecule has 37 heavy (non-hydrogen) atoms. The zero-order valence-electron chi connectivity index (χ0n) is 22.4. The molecule has 8 nitrogen and oxygen atoms in total. The lowest BCUT2D eigenvalue weighted by molar-refractivity contribution is -0.136. The molecule has 1 N–H and O–H groups in total. The van der Waals surface area contributed by atoms with Crippen LogP contribution in [0.1, 0.15) is 56.3 Å². The molecule has 0 spiro atoms. The molecule has 8 heteroatoms. The lowest BCUT2D eigenvalue weighted by Gasteiger charge is -2.38. The number of aromatic nitrogens is 1. The van der Waals surface area contributed by atoms with E-state index in [9.17, 15) is 14.7 Å². The van der Waals surface area contributed by atoms with E-state index in [4.69, 9.17) is 9.47 Å². The number of hydrogen-bond donors (Lipinski definition) is 1. The molecule has 2 aromatic rings. The fourth-order valence-corrected chi connectivity index (χ4v) is 5.28. The van der Waals surface area contributed by atoms with Crippen molar-refractivity contribution in [2.45, 2.75) is 58.1 Å². The first-order chi connectivity index (χ1) is 17.8. The fourth-order valence-electron chi connectivity index (χ4n) is 5.28. The van der Waals surface area contributed by atoms with E-state index in [1.165, 1.54) is 6.42 Å². The van der Waals surface area contributed by atoms with Crippen molar-refractivity contribution in [2.24, 2.45) is 11.8 Å². The number of ether oxygens (including phenoxy) is 2. The summed E-state index contributed by atoms with van der Waals surface area (Å²) in [6, 6.07) is 8.99. The molecular weight excluding hydrogens is 470 g/mol. The number of likely N-dealkylation sites (N-methyl/N-ethyl adjacent to an activating group) is 1. The van der Waals surface area contributed by atoms with Gasteiger partial charge in [-0.25, -0.2) is 4.98 Å². The topological polar surface area (TPSA) is 92.2 Å². The number of pyridine rings is 1. The highest BCUT2D eigenvalue weighted by atomic mass is 16.5. The van der Waals surface area contributed by atoms with E-state index in [2.05, 4.69) is 4.98 Å². The third-order valence-corrected chi connectivity index (χ3v) is 7.73. The molecule has 1 fully saturated rings. The first kappa shape index (κ1) is 26.9. The van der Waals surface area contributed by atoms with Crippen LogP contribution in [0.15, 0.2) is 36.5 Å². The number of fused-ring (bicyclic) bond motifs is 1. The molecule has 2 amide bonds. The standard InChI is InChI=1S/C29H39N3O5/c1-19-16-32(20(2)18-33)29(35)25-14-23(21-10-12-24(36-4)13-11-21)15-30-27(25)37-26(19)17-31(3)28(34)22-8-6-5-7-9-22/h10-15,19-20,22,26,33H,5-9,16-18H2,1-4H3/t19-,20-,26-/m0/s1. The maximum atomic E-state index is 13.7. The first-order valence-corrected chi connectivity index (χ1v) is 13.3. The van der Waals surface area contributed by atoms with E-state index in [-0.39, 0.29) is 48.3 Å². The summed E-state index contributed by atoms with van der Waals surface area (Å²) in [4.78, 5) is 34.9. The summed E-state index contributed by atoms with van der Waals surface area (Å²) in [5, 5.41) is 9.91. The summed E-state index contributed by atoms with van der Waals surface area (Å²) in [5.41, 5.74) is 2.03. The lowest BCUT2D eigenvalue weighted by Crippen LogP contribution is -2.51. The van der Waals surface area contributed by atoms with E-state index >= 15 is 0 Å². The second-order valence-electron chi connectivity index (χ2n) is 10.5. The van der Waals surface area contributed by atoms with E-state index in [1.807, 2.05) is 45.2 Å². The number of benzene rings is 1. The minimum absolute atomic E-state index is 0.0734. The van der Waals surface area contributed by atoms with Crippen LogP contribution in [-0.2, 0) is 4.79 Å². The monoisotopic (exact) mass is 509 g/mol. The third kappa shape index (κ3) is 6.06. The van der Waals surface area contributed by atoms with Crippen molar-refractivity contribution in [3.63, 3.8) is 0 Å². The fraction of sp³-hybridized carbons (Fsp3) is 0.552. The number of aliphatic hydroxyl groups is 1. The minimum Gasteiger partial charge on any atom is -0.497 e. The Labute approximate surface area is 219 Å².